The zero-order chi connectivity index (χ0) is 15.4. The minimum Gasteiger partial charge on any atom is -0.310 e. The van der Waals surface area contributed by atoms with Gasteiger partial charge in [0.15, 0.2) is 0 Å². The van der Waals surface area contributed by atoms with Gasteiger partial charge in [0.05, 0.1) is 10.0 Å². The van der Waals surface area contributed by atoms with E-state index in [4.69, 9.17) is 23.2 Å². The van der Waals surface area contributed by atoms with Crippen LogP contribution in [0, 0.1) is 11.6 Å². The second kappa shape index (κ2) is 7.21. The largest absolute Gasteiger partial charge is 0.310 e. The number of rotatable bonds is 5. The summed E-state index contributed by atoms with van der Waals surface area (Å²) in [5.41, 5.74) is 1.43. The Morgan fingerprint density at radius 2 is 1.86 bits per heavy atom. The fraction of sp³-hybridized carbons (Fsp3) is 0.250. The van der Waals surface area contributed by atoms with Gasteiger partial charge in [0.1, 0.15) is 11.6 Å². The van der Waals surface area contributed by atoms with Crippen LogP contribution in [0.4, 0.5) is 8.78 Å². The minimum atomic E-state index is -0.463. The van der Waals surface area contributed by atoms with Crippen LogP contribution in [-0.4, -0.2) is 6.54 Å². The van der Waals surface area contributed by atoms with Gasteiger partial charge in [-0.05, 0) is 42.3 Å². The van der Waals surface area contributed by atoms with Crippen molar-refractivity contribution in [2.45, 2.75) is 19.4 Å². The van der Waals surface area contributed by atoms with E-state index in [2.05, 4.69) is 5.32 Å². The van der Waals surface area contributed by atoms with E-state index < -0.39 is 11.6 Å². The lowest BCUT2D eigenvalue weighted by Crippen LogP contribution is -2.23. The quantitative estimate of drug-likeness (QED) is 0.798. The summed E-state index contributed by atoms with van der Waals surface area (Å²) in [5.74, 6) is -0.922. The summed E-state index contributed by atoms with van der Waals surface area (Å²) >= 11 is 11.7. The minimum absolute atomic E-state index is 0.0857. The van der Waals surface area contributed by atoms with Crippen LogP contribution in [0.1, 0.15) is 24.1 Å². The van der Waals surface area contributed by atoms with E-state index in [1.54, 1.807) is 18.2 Å². The summed E-state index contributed by atoms with van der Waals surface area (Å²) < 4.78 is 27.1. The lowest BCUT2D eigenvalue weighted by molar-refractivity contribution is 0.540. The van der Waals surface area contributed by atoms with Gasteiger partial charge in [0, 0.05) is 6.04 Å². The van der Waals surface area contributed by atoms with Crippen molar-refractivity contribution in [3.8, 4) is 0 Å². The topological polar surface area (TPSA) is 12.0 Å². The molecule has 0 aliphatic carbocycles. The monoisotopic (exact) mass is 329 g/mol. The van der Waals surface area contributed by atoms with Crippen LogP contribution in [0.25, 0.3) is 0 Å². The number of likely N-dealkylation sites (N-methyl/N-ethyl adjacent to an activating group) is 1. The van der Waals surface area contributed by atoms with E-state index in [1.165, 1.54) is 18.2 Å². The first kappa shape index (κ1) is 16.2. The number of benzene rings is 2. The molecule has 0 aromatic heterocycles. The highest BCUT2D eigenvalue weighted by molar-refractivity contribution is 6.31. The summed E-state index contributed by atoms with van der Waals surface area (Å²) in [4.78, 5) is 0. The number of hydrogen-bond acceptors (Lipinski definition) is 1. The first-order valence-electron chi connectivity index (χ1n) is 6.64. The van der Waals surface area contributed by atoms with Crippen LogP contribution in [0.2, 0.25) is 10.0 Å². The molecule has 0 bridgehead atoms. The fourth-order valence-corrected chi connectivity index (χ4v) is 2.61. The van der Waals surface area contributed by atoms with Gasteiger partial charge in [-0.1, -0.05) is 48.3 Å². The Kier molecular flexibility index (Phi) is 5.57. The molecule has 0 heterocycles. The van der Waals surface area contributed by atoms with E-state index >= 15 is 0 Å². The van der Waals surface area contributed by atoms with Crippen molar-refractivity contribution in [1.29, 1.82) is 0 Å². The van der Waals surface area contributed by atoms with Crippen LogP contribution in [0.3, 0.4) is 0 Å². The van der Waals surface area contributed by atoms with Gasteiger partial charge in [-0.3, -0.25) is 0 Å². The average Bonchev–Trinajstić information content (AvgIpc) is 2.45. The van der Waals surface area contributed by atoms with Gasteiger partial charge in [-0.2, -0.15) is 0 Å². The normalized spacial score (nSPS) is 12.4. The molecule has 0 fully saturated rings. The smallest absolute Gasteiger partial charge is 0.142 e. The van der Waals surface area contributed by atoms with Crippen LogP contribution in [0.5, 0.6) is 0 Å². The molecule has 2 rings (SSSR count). The zero-order valence-electron chi connectivity index (χ0n) is 11.5. The molecular formula is C16H15Cl2F2N. The Balaban J connectivity index is 2.30. The van der Waals surface area contributed by atoms with E-state index in [-0.39, 0.29) is 16.1 Å². The van der Waals surface area contributed by atoms with Crippen molar-refractivity contribution < 1.29 is 8.78 Å². The van der Waals surface area contributed by atoms with Gasteiger partial charge < -0.3 is 5.32 Å². The van der Waals surface area contributed by atoms with Crippen LogP contribution in [-0.2, 0) is 6.42 Å². The maximum atomic E-state index is 13.6. The SMILES string of the molecule is CCNC(Cc1ccc(Cl)c(F)c1)c1cccc(F)c1Cl. The van der Waals surface area contributed by atoms with E-state index in [0.717, 1.165) is 5.56 Å². The molecule has 0 saturated heterocycles. The molecule has 21 heavy (non-hydrogen) atoms. The van der Waals surface area contributed by atoms with Crippen molar-refractivity contribution in [3.05, 3.63) is 69.2 Å². The van der Waals surface area contributed by atoms with Crippen LogP contribution < -0.4 is 5.32 Å². The molecule has 0 spiro atoms. The van der Waals surface area contributed by atoms with Crippen molar-refractivity contribution in [2.75, 3.05) is 6.54 Å². The molecule has 0 aliphatic rings. The highest BCUT2D eigenvalue weighted by Crippen LogP contribution is 2.28. The van der Waals surface area contributed by atoms with Gasteiger partial charge in [0.2, 0.25) is 0 Å². The lowest BCUT2D eigenvalue weighted by atomic mass is 9.98. The molecule has 0 amide bonds. The fourth-order valence-electron chi connectivity index (χ4n) is 2.23. The summed E-state index contributed by atoms with van der Waals surface area (Å²) in [6.45, 7) is 2.64. The van der Waals surface area contributed by atoms with Crippen molar-refractivity contribution in [2.24, 2.45) is 0 Å². The van der Waals surface area contributed by atoms with Gasteiger partial charge >= 0.3 is 0 Å². The maximum absolute atomic E-state index is 13.6. The van der Waals surface area contributed by atoms with Crippen LogP contribution >= 0.6 is 23.2 Å². The molecule has 1 atom stereocenters. The summed E-state index contributed by atoms with van der Waals surface area (Å²) in [5, 5.41) is 3.42. The molecule has 0 radical (unpaired) electrons. The van der Waals surface area contributed by atoms with Crippen molar-refractivity contribution in [1.82, 2.24) is 5.32 Å². The number of hydrogen-bond donors (Lipinski definition) is 1. The van der Waals surface area contributed by atoms with Gasteiger partial charge in [-0.25, -0.2) is 8.78 Å². The molecule has 1 nitrogen and oxygen atoms in total. The third kappa shape index (κ3) is 3.94. The van der Waals surface area contributed by atoms with Crippen molar-refractivity contribution in [3.63, 3.8) is 0 Å². The summed E-state index contributed by atoms with van der Waals surface area (Å²) in [7, 11) is 0. The predicted molar refractivity (Wildman–Crippen MR) is 82.9 cm³/mol. The van der Waals surface area contributed by atoms with E-state index in [0.29, 0.717) is 18.5 Å². The predicted octanol–water partition coefficient (Wildman–Crippen LogP) is 5.16. The second-order valence-electron chi connectivity index (χ2n) is 4.71. The molecular weight excluding hydrogens is 315 g/mol. The first-order chi connectivity index (χ1) is 10.0. The molecule has 2 aromatic rings. The highest BCUT2D eigenvalue weighted by Gasteiger charge is 2.17. The molecule has 5 heteroatoms. The third-order valence-electron chi connectivity index (χ3n) is 3.23. The molecule has 0 saturated carbocycles. The summed E-state index contributed by atoms with van der Waals surface area (Å²) in [6.07, 6.45) is 0.491. The van der Waals surface area contributed by atoms with Crippen molar-refractivity contribution >= 4 is 23.2 Å². The molecule has 0 aliphatic heterocycles. The highest BCUT2D eigenvalue weighted by atomic mass is 35.5. The standard InChI is InChI=1S/C16H15Cl2F2N/c1-2-21-15(11-4-3-5-13(19)16(11)18)9-10-6-7-12(17)14(20)8-10/h3-8,15,21H,2,9H2,1H3. The maximum Gasteiger partial charge on any atom is 0.142 e. The Morgan fingerprint density at radius 1 is 1.10 bits per heavy atom. The Bertz CT molecular complexity index is 632. The second-order valence-corrected chi connectivity index (χ2v) is 5.49. The molecule has 2 aromatic carbocycles. The Morgan fingerprint density at radius 3 is 2.52 bits per heavy atom. The van der Waals surface area contributed by atoms with E-state index in [9.17, 15) is 8.78 Å². The number of halogens is 4. The average molecular weight is 330 g/mol. The first-order valence-corrected chi connectivity index (χ1v) is 7.39. The third-order valence-corrected chi connectivity index (χ3v) is 3.94. The number of nitrogens with one attached hydrogen (secondary N) is 1. The Labute approximate surface area is 132 Å². The summed E-state index contributed by atoms with van der Waals surface area (Å²) in [6, 6.07) is 9.16. The van der Waals surface area contributed by atoms with E-state index in [1.807, 2.05) is 6.92 Å². The molecule has 1 unspecified atom stereocenters. The van der Waals surface area contributed by atoms with Gasteiger partial charge in [-0.15, -0.1) is 0 Å². The molecule has 1 N–H and O–H groups in total. The van der Waals surface area contributed by atoms with Crippen LogP contribution in [0.15, 0.2) is 36.4 Å². The van der Waals surface area contributed by atoms with Gasteiger partial charge in [0.25, 0.3) is 0 Å². The Hall–Kier alpha value is -1.16. The zero-order valence-corrected chi connectivity index (χ0v) is 13.0. The molecule has 112 valence electrons. The lowest BCUT2D eigenvalue weighted by Gasteiger charge is -2.20.